The third-order valence-corrected chi connectivity index (χ3v) is 2.31. The molecule has 0 atom stereocenters. The zero-order valence-corrected chi connectivity index (χ0v) is 11.6. The molecule has 0 saturated carbocycles. The lowest BCUT2D eigenvalue weighted by Crippen LogP contribution is -2.13. The number of rotatable bonds is 10. The standard InChI is InChI=1S/C12H23N5O2/c1-3-6-19-7-4-5-14-10-8-11(17-13)16-12(15-10)9-18-2/h8H,3-7,9,13H2,1-2H3,(H2,14,15,16,17). The summed E-state index contributed by atoms with van der Waals surface area (Å²) in [4.78, 5) is 8.49. The Morgan fingerprint density at radius 3 is 2.74 bits per heavy atom. The van der Waals surface area contributed by atoms with Crippen molar-refractivity contribution < 1.29 is 9.47 Å². The van der Waals surface area contributed by atoms with E-state index in [9.17, 15) is 0 Å². The van der Waals surface area contributed by atoms with Crippen LogP contribution in [0.3, 0.4) is 0 Å². The first-order valence-corrected chi connectivity index (χ1v) is 6.45. The summed E-state index contributed by atoms with van der Waals surface area (Å²) < 4.78 is 10.4. The van der Waals surface area contributed by atoms with Crippen LogP contribution in [-0.4, -0.2) is 36.8 Å². The number of methoxy groups -OCH3 is 1. The lowest BCUT2D eigenvalue weighted by Gasteiger charge is -2.09. The molecule has 0 unspecified atom stereocenters. The van der Waals surface area contributed by atoms with E-state index in [2.05, 4.69) is 27.6 Å². The molecule has 7 heteroatoms. The van der Waals surface area contributed by atoms with Crippen molar-refractivity contribution in [3.05, 3.63) is 11.9 Å². The van der Waals surface area contributed by atoms with Crippen LogP contribution in [0.25, 0.3) is 0 Å². The molecule has 1 aromatic heterocycles. The van der Waals surface area contributed by atoms with E-state index in [-0.39, 0.29) is 0 Å². The van der Waals surface area contributed by atoms with Gasteiger partial charge in [-0.3, -0.25) is 0 Å². The first kappa shape index (κ1) is 15.6. The van der Waals surface area contributed by atoms with Gasteiger partial charge in [0, 0.05) is 32.9 Å². The summed E-state index contributed by atoms with van der Waals surface area (Å²) in [5.41, 5.74) is 2.51. The maximum atomic E-state index is 5.40. The van der Waals surface area contributed by atoms with E-state index < -0.39 is 0 Å². The zero-order valence-electron chi connectivity index (χ0n) is 11.6. The topological polar surface area (TPSA) is 94.3 Å². The number of hydrogen-bond acceptors (Lipinski definition) is 7. The molecule has 1 heterocycles. The van der Waals surface area contributed by atoms with Gasteiger partial charge in [-0.2, -0.15) is 0 Å². The molecule has 1 aromatic rings. The van der Waals surface area contributed by atoms with Crippen LogP contribution in [-0.2, 0) is 16.1 Å². The number of hydrazine groups is 1. The maximum absolute atomic E-state index is 5.40. The van der Waals surface area contributed by atoms with Crippen molar-refractivity contribution in [1.29, 1.82) is 0 Å². The number of nitrogens with zero attached hydrogens (tertiary/aromatic N) is 2. The second-order valence-electron chi connectivity index (χ2n) is 4.02. The highest BCUT2D eigenvalue weighted by Crippen LogP contribution is 2.10. The van der Waals surface area contributed by atoms with Crippen molar-refractivity contribution in [1.82, 2.24) is 9.97 Å². The molecule has 108 valence electrons. The Labute approximate surface area is 113 Å². The molecule has 0 bridgehead atoms. The van der Waals surface area contributed by atoms with Crippen LogP contribution < -0.4 is 16.6 Å². The molecule has 0 aliphatic heterocycles. The molecule has 0 radical (unpaired) electrons. The highest BCUT2D eigenvalue weighted by Gasteiger charge is 2.03. The fraction of sp³-hybridized carbons (Fsp3) is 0.667. The molecule has 0 amide bonds. The second kappa shape index (κ2) is 9.48. The van der Waals surface area contributed by atoms with E-state index in [1.54, 1.807) is 13.2 Å². The fourth-order valence-electron chi connectivity index (χ4n) is 1.49. The Bertz CT molecular complexity index is 362. The Morgan fingerprint density at radius 2 is 2.05 bits per heavy atom. The molecule has 0 aromatic carbocycles. The van der Waals surface area contributed by atoms with Gasteiger partial charge < -0.3 is 20.2 Å². The van der Waals surface area contributed by atoms with Crippen molar-refractivity contribution in [2.75, 3.05) is 37.6 Å². The van der Waals surface area contributed by atoms with Crippen LogP contribution in [0.4, 0.5) is 11.6 Å². The monoisotopic (exact) mass is 269 g/mol. The van der Waals surface area contributed by atoms with Crippen molar-refractivity contribution in [2.45, 2.75) is 26.4 Å². The van der Waals surface area contributed by atoms with Gasteiger partial charge in [-0.05, 0) is 12.8 Å². The molecule has 0 saturated heterocycles. The Balaban J connectivity index is 2.41. The molecule has 1 rings (SSSR count). The lowest BCUT2D eigenvalue weighted by molar-refractivity contribution is 0.134. The van der Waals surface area contributed by atoms with Crippen LogP contribution in [0, 0.1) is 0 Å². The van der Waals surface area contributed by atoms with Crippen LogP contribution in [0.1, 0.15) is 25.6 Å². The number of nitrogens with two attached hydrogens (primary N) is 1. The minimum absolute atomic E-state index is 0.351. The van der Waals surface area contributed by atoms with Crippen LogP contribution in [0.2, 0.25) is 0 Å². The highest BCUT2D eigenvalue weighted by molar-refractivity contribution is 5.46. The third kappa shape index (κ3) is 6.32. The quantitative estimate of drug-likeness (QED) is 0.333. The SMILES string of the molecule is CCCOCCCNc1cc(NN)nc(COC)n1. The molecule has 0 aliphatic carbocycles. The summed E-state index contributed by atoms with van der Waals surface area (Å²) in [5.74, 6) is 7.24. The average molecular weight is 269 g/mol. The molecular weight excluding hydrogens is 246 g/mol. The predicted octanol–water partition coefficient (Wildman–Crippen LogP) is 1.14. The third-order valence-electron chi connectivity index (χ3n) is 2.31. The molecule has 19 heavy (non-hydrogen) atoms. The van der Waals surface area contributed by atoms with E-state index in [4.69, 9.17) is 15.3 Å². The molecular formula is C12H23N5O2. The molecule has 4 N–H and O–H groups in total. The normalized spacial score (nSPS) is 10.5. The highest BCUT2D eigenvalue weighted by atomic mass is 16.5. The Hall–Kier alpha value is -1.44. The number of ether oxygens (including phenoxy) is 2. The second-order valence-corrected chi connectivity index (χ2v) is 4.02. The largest absolute Gasteiger partial charge is 0.381 e. The summed E-state index contributed by atoms with van der Waals surface area (Å²) >= 11 is 0. The van der Waals surface area contributed by atoms with E-state index in [1.807, 2.05) is 0 Å². The van der Waals surface area contributed by atoms with Crippen LogP contribution >= 0.6 is 0 Å². The van der Waals surface area contributed by atoms with Crippen molar-refractivity contribution >= 4 is 11.6 Å². The minimum atomic E-state index is 0.351. The van der Waals surface area contributed by atoms with E-state index in [0.29, 0.717) is 18.2 Å². The van der Waals surface area contributed by atoms with Crippen molar-refractivity contribution in [3.8, 4) is 0 Å². The van der Waals surface area contributed by atoms with E-state index in [0.717, 1.165) is 38.4 Å². The number of nitrogen functional groups attached to an aromatic ring is 1. The van der Waals surface area contributed by atoms with Crippen LogP contribution in [0.5, 0.6) is 0 Å². The zero-order chi connectivity index (χ0) is 13.9. The number of anilines is 2. The van der Waals surface area contributed by atoms with E-state index >= 15 is 0 Å². The summed E-state index contributed by atoms with van der Waals surface area (Å²) in [6.45, 7) is 4.80. The number of aromatic nitrogens is 2. The smallest absolute Gasteiger partial charge is 0.158 e. The van der Waals surface area contributed by atoms with Gasteiger partial charge in [0.25, 0.3) is 0 Å². The van der Waals surface area contributed by atoms with Gasteiger partial charge in [-0.15, -0.1) is 0 Å². The lowest BCUT2D eigenvalue weighted by atomic mass is 10.4. The maximum Gasteiger partial charge on any atom is 0.158 e. The Kier molecular flexibility index (Phi) is 7.80. The summed E-state index contributed by atoms with van der Waals surface area (Å²) in [7, 11) is 1.60. The summed E-state index contributed by atoms with van der Waals surface area (Å²) in [6.07, 6.45) is 1.97. The minimum Gasteiger partial charge on any atom is -0.381 e. The van der Waals surface area contributed by atoms with Gasteiger partial charge in [-0.25, -0.2) is 15.8 Å². The molecule has 0 aliphatic rings. The van der Waals surface area contributed by atoms with Crippen molar-refractivity contribution in [3.63, 3.8) is 0 Å². The van der Waals surface area contributed by atoms with Gasteiger partial charge in [0.2, 0.25) is 0 Å². The van der Waals surface area contributed by atoms with Gasteiger partial charge >= 0.3 is 0 Å². The molecule has 7 nitrogen and oxygen atoms in total. The predicted molar refractivity (Wildman–Crippen MR) is 74.8 cm³/mol. The summed E-state index contributed by atoms with van der Waals surface area (Å²) in [5, 5.41) is 3.21. The van der Waals surface area contributed by atoms with Gasteiger partial charge in [0.05, 0.1) is 0 Å². The van der Waals surface area contributed by atoms with Gasteiger partial charge in [0.15, 0.2) is 5.82 Å². The van der Waals surface area contributed by atoms with Crippen molar-refractivity contribution in [2.24, 2.45) is 5.84 Å². The Morgan fingerprint density at radius 1 is 1.26 bits per heavy atom. The van der Waals surface area contributed by atoms with Gasteiger partial charge in [0.1, 0.15) is 18.2 Å². The van der Waals surface area contributed by atoms with E-state index in [1.165, 1.54) is 0 Å². The van der Waals surface area contributed by atoms with Crippen LogP contribution in [0.15, 0.2) is 6.07 Å². The average Bonchev–Trinajstić information content (AvgIpc) is 2.43. The number of hydrogen-bond donors (Lipinski definition) is 3. The first-order valence-electron chi connectivity index (χ1n) is 6.45. The molecule has 0 fully saturated rings. The fourth-order valence-corrected chi connectivity index (χ4v) is 1.49. The first-order chi connectivity index (χ1) is 9.30. The number of nitrogens with one attached hydrogen (secondary N) is 2. The summed E-state index contributed by atoms with van der Waals surface area (Å²) in [6, 6.07) is 1.76. The molecule has 0 spiro atoms. The van der Waals surface area contributed by atoms with Gasteiger partial charge in [-0.1, -0.05) is 6.92 Å².